The molecule has 3 nitrogen and oxygen atoms in total. The van der Waals surface area contributed by atoms with Gasteiger partial charge >= 0.3 is 6.09 Å². The third kappa shape index (κ3) is 1.42. The summed E-state index contributed by atoms with van der Waals surface area (Å²) < 4.78 is 4.73. The molecule has 0 unspecified atom stereocenters. The number of quaternary nitrogens is 1. The zero-order valence-corrected chi connectivity index (χ0v) is 5.76. The van der Waals surface area contributed by atoms with Gasteiger partial charge < -0.3 is 4.74 Å². The van der Waals surface area contributed by atoms with E-state index in [0.717, 1.165) is 0 Å². The Balaban J connectivity index is 2.39. The van der Waals surface area contributed by atoms with Gasteiger partial charge in [-0.15, -0.1) is 0 Å². The molecule has 0 aromatic carbocycles. The number of nitrogens with two attached hydrogens (primary N) is 1. The normalized spacial score (nSPS) is 27.0. The second-order valence-corrected chi connectivity index (χ2v) is 2.70. The molecule has 1 aliphatic rings. The second-order valence-electron chi connectivity index (χ2n) is 2.70. The molecule has 0 radical (unpaired) electrons. The van der Waals surface area contributed by atoms with Crippen LogP contribution >= 0.6 is 0 Å². The first kappa shape index (κ1) is 6.55. The minimum Gasteiger partial charge on any atom is -0.414 e. The molecular formula is C6H12NO2+. The van der Waals surface area contributed by atoms with E-state index in [0.29, 0.717) is 18.6 Å². The summed E-state index contributed by atoms with van der Waals surface area (Å²) >= 11 is 0. The summed E-state index contributed by atoms with van der Waals surface area (Å²) in [5.74, 6) is 0.524. The van der Waals surface area contributed by atoms with E-state index < -0.39 is 0 Å². The summed E-state index contributed by atoms with van der Waals surface area (Å²) in [5, 5.41) is 1.66. The molecular weight excluding hydrogens is 118 g/mol. The fourth-order valence-corrected chi connectivity index (χ4v) is 0.834. The van der Waals surface area contributed by atoms with Crippen molar-refractivity contribution in [2.45, 2.75) is 19.9 Å². The molecule has 1 amide bonds. The third-order valence-corrected chi connectivity index (χ3v) is 1.62. The number of carbonyl (C=O) groups is 1. The molecule has 1 aliphatic heterocycles. The third-order valence-electron chi connectivity index (χ3n) is 1.62. The monoisotopic (exact) mass is 130 g/mol. The van der Waals surface area contributed by atoms with Crippen LogP contribution in [-0.4, -0.2) is 18.7 Å². The fraction of sp³-hybridized carbons (Fsp3) is 0.833. The molecule has 1 atom stereocenters. The molecule has 1 fully saturated rings. The van der Waals surface area contributed by atoms with Crippen molar-refractivity contribution in [3.63, 3.8) is 0 Å². The van der Waals surface area contributed by atoms with Gasteiger partial charge in [-0.3, -0.25) is 0 Å². The molecule has 1 rings (SSSR count). The van der Waals surface area contributed by atoms with Crippen LogP contribution in [0.15, 0.2) is 0 Å². The Labute approximate surface area is 54.4 Å². The Morgan fingerprint density at radius 2 is 2.44 bits per heavy atom. The molecule has 1 heterocycles. The molecule has 0 aliphatic carbocycles. The van der Waals surface area contributed by atoms with Gasteiger partial charge in [-0.25, -0.2) is 5.32 Å². The fourth-order valence-electron chi connectivity index (χ4n) is 0.834. The molecule has 9 heavy (non-hydrogen) atoms. The molecule has 3 heteroatoms. The Hall–Kier alpha value is -0.570. The van der Waals surface area contributed by atoms with E-state index in [-0.39, 0.29) is 6.09 Å². The lowest BCUT2D eigenvalue weighted by Crippen LogP contribution is -2.90. The van der Waals surface area contributed by atoms with Crippen LogP contribution in [0.4, 0.5) is 4.79 Å². The highest BCUT2D eigenvalue weighted by Gasteiger charge is 2.29. The van der Waals surface area contributed by atoms with Gasteiger partial charge in [0, 0.05) is 5.92 Å². The summed E-state index contributed by atoms with van der Waals surface area (Å²) in [5.41, 5.74) is 0. The molecule has 2 N–H and O–H groups in total. The van der Waals surface area contributed by atoms with Crippen molar-refractivity contribution in [1.29, 1.82) is 0 Å². The van der Waals surface area contributed by atoms with Crippen molar-refractivity contribution in [2.24, 2.45) is 5.92 Å². The predicted octanol–water partition coefficient (Wildman–Crippen LogP) is -0.275. The maximum atomic E-state index is 10.5. The van der Waals surface area contributed by atoms with Crippen molar-refractivity contribution in [3.05, 3.63) is 0 Å². The molecule has 0 aromatic heterocycles. The Kier molecular flexibility index (Phi) is 1.71. The van der Waals surface area contributed by atoms with E-state index >= 15 is 0 Å². The van der Waals surface area contributed by atoms with Crippen molar-refractivity contribution in [1.82, 2.24) is 0 Å². The first-order valence-electron chi connectivity index (χ1n) is 3.22. The van der Waals surface area contributed by atoms with Crippen molar-refractivity contribution in [2.75, 3.05) is 6.61 Å². The Morgan fingerprint density at radius 3 is 2.67 bits per heavy atom. The van der Waals surface area contributed by atoms with Crippen molar-refractivity contribution in [3.8, 4) is 0 Å². The average Bonchev–Trinajstić information content (AvgIpc) is 2.14. The second kappa shape index (κ2) is 2.35. The lowest BCUT2D eigenvalue weighted by atomic mass is 10.1. The highest BCUT2D eigenvalue weighted by Crippen LogP contribution is 2.00. The lowest BCUT2D eigenvalue weighted by molar-refractivity contribution is -0.587. The van der Waals surface area contributed by atoms with E-state index in [4.69, 9.17) is 4.74 Å². The van der Waals surface area contributed by atoms with E-state index in [1.165, 1.54) is 0 Å². The SMILES string of the molecule is CC(C)[C@H]1COC(=O)[NH2+]1. The molecule has 0 saturated carbocycles. The topological polar surface area (TPSA) is 42.9 Å². The highest BCUT2D eigenvalue weighted by molar-refractivity contribution is 5.57. The van der Waals surface area contributed by atoms with E-state index in [9.17, 15) is 4.79 Å². The maximum absolute atomic E-state index is 10.5. The summed E-state index contributed by atoms with van der Waals surface area (Å²) in [4.78, 5) is 10.5. The average molecular weight is 130 g/mol. The quantitative estimate of drug-likeness (QED) is 0.530. The van der Waals surface area contributed by atoms with E-state index in [1.807, 2.05) is 0 Å². The number of hydrogen-bond acceptors (Lipinski definition) is 2. The number of amides is 1. The molecule has 0 spiro atoms. The van der Waals surface area contributed by atoms with Gasteiger partial charge in [-0.2, -0.15) is 4.79 Å². The van der Waals surface area contributed by atoms with Crippen molar-refractivity contribution < 1.29 is 14.8 Å². The van der Waals surface area contributed by atoms with Crippen LogP contribution in [0.25, 0.3) is 0 Å². The van der Waals surface area contributed by atoms with Gasteiger partial charge in [0.1, 0.15) is 12.6 Å². The largest absolute Gasteiger partial charge is 0.513 e. The van der Waals surface area contributed by atoms with Crippen LogP contribution in [0.2, 0.25) is 0 Å². The van der Waals surface area contributed by atoms with Crippen LogP contribution in [0, 0.1) is 5.92 Å². The summed E-state index contributed by atoms with van der Waals surface area (Å²) in [6.45, 7) is 4.75. The van der Waals surface area contributed by atoms with E-state index in [2.05, 4.69) is 13.8 Å². The Morgan fingerprint density at radius 1 is 1.78 bits per heavy atom. The number of ether oxygens (including phenoxy) is 1. The molecule has 52 valence electrons. The van der Waals surface area contributed by atoms with Gasteiger partial charge in [-0.05, 0) is 0 Å². The van der Waals surface area contributed by atoms with Gasteiger partial charge in [0.05, 0.1) is 0 Å². The van der Waals surface area contributed by atoms with Gasteiger partial charge in [0.2, 0.25) is 0 Å². The standard InChI is InChI=1S/C6H11NO2/c1-4(2)5-3-9-6(8)7-5/h4-5H,3H2,1-2H3,(H,7,8)/p+1/t5-/m1/s1. The number of carbonyl (C=O) groups excluding carboxylic acids is 1. The van der Waals surface area contributed by atoms with Crippen LogP contribution in [0.3, 0.4) is 0 Å². The smallest absolute Gasteiger partial charge is 0.414 e. The number of rotatable bonds is 1. The predicted molar refractivity (Wildman–Crippen MR) is 31.9 cm³/mol. The molecule has 0 aromatic rings. The molecule has 0 bridgehead atoms. The zero-order valence-electron chi connectivity index (χ0n) is 5.76. The first-order chi connectivity index (χ1) is 4.20. The van der Waals surface area contributed by atoms with Gasteiger partial charge in [-0.1, -0.05) is 13.8 Å². The van der Waals surface area contributed by atoms with Gasteiger partial charge in [0.15, 0.2) is 0 Å². The van der Waals surface area contributed by atoms with Gasteiger partial charge in [0.25, 0.3) is 0 Å². The maximum Gasteiger partial charge on any atom is 0.513 e. The number of hydrogen-bond donors (Lipinski definition) is 1. The summed E-state index contributed by atoms with van der Waals surface area (Å²) in [6, 6.07) is 0.345. The highest BCUT2D eigenvalue weighted by atomic mass is 16.6. The number of cyclic esters (lactones) is 1. The lowest BCUT2D eigenvalue weighted by Gasteiger charge is -2.04. The zero-order chi connectivity index (χ0) is 6.85. The number of primary amides is 1. The van der Waals surface area contributed by atoms with Crippen LogP contribution in [0.5, 0.6) is 0 Å². The minimum atomic E-state index is -0.159. The minimum absolute atomic E-state index is 0.159. The van der Waals surface area contributed by atoms with Crippen LogP contribution in [0.1, 0.15) is 13.8 Å². The Bertz CT molecular complexity index is 122. The summed E-state index contributed by atoms with van der Waals surface area (Å²) in [6.07, 6.45) is -0.159. The van der Waals surface area contributed by atoms with Crippen LogP contribution in [-0.2, 0) is 4.74 Å². The van der Waals surface area contributed by atoms with E-state index in [1.54, 1.807) is 5.32 Å². The first-order valence-corrected chi connectivity index (χ1v) is 3.22. The van der Waals surface area contributed by atoms with Crippen LogP contribution < -0.4 is 5.32 Å². The molecule has 1 saturated heterocycles. The van der Waals surface area contributed by atoms with Crippen molar-refractivity contribution >= 4 is 6.09 Å². The summed E-state index contributed by atoms with van der Waals surface area (Å²) in [7, 11) is 0.